The minimum Gasteiger partial charge on any atom is -0.457 e. The quantitative estimate of drug-likeness (QED) is 0.826. The molecule has 1 aromatic carbocycles. The number of nitrogens with two attached hydrogens (primary N) is 1. The Hall–Kier alpha value is -2.45. The van der Waals surface area contributed by atoms with E-state index in [1.807, 2.05) is 0 Å². The van der Waals surface area contributed by atoms with Crippen molar-refractivity contribution in [2.24, 2.45) is 0 Å². The van der Waals surface area contributed by atoms with E-state index in [9.17, 15) is 13.2 Å². The van der Waals surface area contributed by atoms with Gasteiger partial charge in [0.05, 0.1) is 4.90 Å². The average molecular weight is 335 g/mol. The molecule has 8 heteroatoms. The molecule has 0 bridgehead atoms. The molecule has 0 fully saturated rings. The van der Waals surface area contributed by atoms with Crippen molar-refractivity contribution in [3.8, 4) is 0 Å². The zero-order valence-corrected chi connectivity index (χ0v) is 13.6. The molecule has 122 valence electrons. The zero-order valence-electron chi connectivity index (χ0n) is 12.8. The fourth-order valence-corrected chi connectivity index (χ4v) is 2.80. The number of nitrogens with zero attached hydrogens (tertiary/aromatic N) is 2. The van der Waals surface area contributed by atoms with Gasteiger partial charge in [-0.3, -0.25) is 0 Å². The third-order valence-corrected chi connectivity index (χ3v) is 4.92. The van der Waals surface area contributed by atoms with Crippen LogP contribution in [-0.4, -0.2) is 37.8 Å². The molecular formula is C15H17N3O4S. The maximum Gasteiger partial charge on any atom is 0.342 e. The number of aromatic nitrogens is 1. The van der Waals surface area contributed by atoms with Crippen LogP contribution >= 0.6 is 0 Å². The molecule has 0 atom stereocenters. The van der Waals surface area contributed by atoms with Gasteiger partial charge >= 0.3 is 5.97 Å². The number of anilines is 1. The number of carbonyl (C=O) groups excluding carboxylic acids is 1. The molecule has 7 nitrogen and oxygen atoms in total. The highest BCUT2D eigenvalue weighted by Gasteiger charge is 2.18. The smallest absolute Gasteiger partial charge is 0.342 e. The Kier molecular flexibility index (Phi) is 4.97. The Morgan fingerprint density at radius 2 is 2.00 bits per heavy atom. The lowest BCUT2D eigenvalue weighted by atomic mass is 10.2. The molecule has 23 heavy (non-hydrogen) atoms. The number of hydrogen-bond donors (Lipinski definition) is 1. The maximum absolute atomic E-state index is 12.1. The number of pyridine rings is 1. The molecule has 1 aromatic heterocycles. The Balaban J connectivity index is 2.13. The first-order valence-corrected chi connectivity index (χ1v) is 8.15. The summed E-state index contributed by atoms with van der Waals surface area (Å²) in [5.41, 5.74) is 6.34. The summed E-state index contributed by atoms with van der Waals surface area (Å²) in [5.74, 6) is -0.530. The third-order valence-electron chi connectivity index (χ3n) is 3.11. The van der Waals surface area contributed by atoms with Crippen molar-refractivity contribution in [2.45, 2.75) is 11.5 Å². The predicted molar refractivity (Wildman–Crippen MR) is 85.1 cm³/mol. The predicted octanol–water partition coefficient (Wildman–Crippen LogP) is 1.27. The van der Waals surface area contributed by atoms with E-state index in [4.69, 9.17) is 10.5 Å². The van der Waals surface area contributed by atoms with Gasteiger partial charge in [0.1, 0.15) is 18.0 Å². The van der Waals surface area contributed by atoms with Crippen LogP contribution in [0.2, 0.25) is 0 Å². The van der Waals surface area contributed by atoms with Crippen LogP contribution in [0, 0.1) is 0 Å². The van der Waals surface area contributed by atoms with Gasteiger partial charge in [-0.25, -0.2) is 22.5 Å². The van der Waals surface area contributed by atoms with Crippen molar-refractivity contribution in [1.82, 2.24) is 9.29 Å². The third kappa shape index (κ3) is 3.85. The first-order valence-electron chi connectivity index (χ1n) is 6.71. The SMILES string of the molecule is CN(C)S(=O)(=O)c1cccc(COC(=O)c2cccnc2N)c1. The summed E-state index contributed by atoms with van der Waals surface area (Å²) in [6, 6.07) is 9.32. The molecule has 0 unspecified atom stereocenters. The standard InChI is InChI=1S/C15H17N3O4S/c1-18(2)23(20,21)12-6-3-5-11(9-12)10-22-15(19)13-7-4-8-17-14(13)16/h3-9H,10H2,1-2H3,(H2,16,17). The fourth-order valence-electron chi connectivity index (χ4n) is 1.82. The van der Waals surface area contributed by atoms with Crippen LogP contribution < -0.4 is 5.73 Å². The van der Waals surface area contributed by atoms with Gasteiger partial charge in [0.2, 0.25) is 10.0 Å². The van der Waals surface area contributed by atoms with Crippen LogP contribution in [0.15, 0.2) is 47.5 Å². The summed E-state index contributed by atoms with van der Waals surface area (Å²) >= 11 is 0. The molecule has 0 aliphatic heterocycles. The van der Waals surface area contributed by atoms with Gasteiger partial charge in [0.25, 0.3) is 0 Å². The van der Waals surface area contributed by atoms with Crippen molar-refractivity contribution < 1.29 is 17.9 Å². The summed E-state index contributed by atoms with van der Waals surface area (Å²) in [7, 11) is -0.631. The van der Waals surface area contributed by atoms with E-state index in [0.29, 0.717) is 5.56 Å². The molecule has 0 amide bonds. The van der Waals surface area contributed by atoms with Crippen LogP contribution in [0.4, 0.5) is 5.82 Å². The molecule has 0 saturated heterocycles. The van der Waals surface area contributed by atoms with Gasteiger partial charge in [-0.05, 0) is 29.8 Å². The van der Waals surface area contributed by atoms with Crippen molar-refractivity contribution >= 4 is 21.8 Å². The minimum absolute atomic E-state index is 0.0655. The number of benzene rings is 1. The van der Waals surface area contributed by atoms with Gasteiger partial charge in [-0.15, -0.1) is 0 Å². The van der Waals surface area contributed by atoms with Crippen LogP contribution in [-0.2, 0) is 21.4 Å². The van der Waals surface area contributed by atoms with Crippen LogP contribution in [0.1, 0.15) is 15.9 Å². The Bertz CT molecular complexity index is 819. The van der Waals surface area contributed by atoms with E-state index < -0.39 is 16.0 Å². The monoisotopic (exact) mass is 335 g/mol. The van der Waals surface area contributed by atoms with Crippen molar-refractivity contribution in [3.63, 3.8) is 0 Å². The minimum atomic E-state index is -3.53. The van der Waals surface area contributed by atoms with Gasteiger partial charge in [0.15, 0.2) is 0 Å². The second-order valence-corrected chi connectivity index (χ2v) is 7.10. The second kappa shape index (κ2) is 6.76. The van der Waals surface area contributed by atoms with Crippen LogP contribution in [0.5, 0.6) is 0 Å². The number of carbonyl (C=O) groups is 1. The van der Waals surface area contributed by atoms with Crippen molar-refractivity contribution in [2.75, 3.05) is 19.8 Å². The fraction of sp³-hybridized carbons (Fsp3) is 0.200. The largest absolute Gasteiger partial charge is 0.457 e. The lowest BCUT2D eigenvalue weighted by Gasteiger charge is -2.12. The summed E-state index contributed by atoms with van der Waals surface area (Å²) in [6.07, 6.45) is 1.47. The molecular weight excluding hydrogens is 318 g/mol. The number of esters is 1. The second-order valence-electron chi connectivity index (χ2n) is 4.95. The number of rotatable bonds is 5. The molecule has 0 spiro atoms. The molecule has 0 aliphatic rings. The van der Waals surface area contributed by atoms with E-state index >= 15 is 0 Å². The maximum atomic E-state index is 12.1. The normalized spacial score (nSPS) is 11.4. The number of nitrogen functional groups attached to an aromatic ring is 1. The Labute approximate surface area is 134 Å². The molecule has 0 aliphatic carbocycles. The number of hydrogen-bond acceptors (Lipinski definition) is 6. The summed E-state index contributed by atoms with van der Waals surface area (Å²) in [6.45, 7) is -0.0655. The Morgan fingerprint density at radius 3 is 2.65 bits per heavy atom. The van der Waals surface area contributed by atoms with E-state index in [1.54, 1.807) is 18.2 Å². The van der Waals surface area contributed by atoms with Crippen molar-refractivity contribution in [3.05, 3.63) is 53.7 Å². The summed E-state index contributed by atoms with van der Waals surface area (Å²) in [4.78, 5) is 15.9. The van der Waals surface area contributed by atoms with Crippen LogP contribution in [0.25, 0.3) is 0 Å². The number of ether oxygens (including phenoxy) is 1. The first kappa shape index (κ1) is 16.9. The molecule has 2 N–H and O–H groups in total. The molecule has 2 aromatic rings. The van der Waals surface area contributed by atoms with Gasteiger partial charge < -0.3 is 10.5 Å². The van der Waals surface area contributed by atoms with E-state index in [1.165, 1.54) is 38.5 Å². The molecule has 1 heterocycles. The Morgan fingerprint density at radius 1 is 1.26 bits per heavy atom. The average Bonchev–Trinajstić information content (AvgIpc) is 2.53. The van der Waals surface area contributed by atoms with Crippen molar-refractivity contribution in [1.29, 1.82) is 0 Å². The molecule has 0 saturated carbocycles. The van der Waals surface area contributed by atoms with Crippen LogP contribution in [0.3, 0.4) is 0 Å². The van der Waals surface area contributed by atoms with Gasteiger partial charge in [-0.2, -0.15) is 0 Å². The van der Waals surface area contributed by atoms with Gasteiger partial charge in [0, 0.05) is 20.3 Å². The van der Waals surface area contributed by atoms with E-state index in [-0.39, 0.29) is 22.9 Å². The van der Waals surface area contributed by atoms with E-state index in [0.717, 1.165) is 4.31 Å². The van der Waals surface area contributed by atoms with Gasteiger partial charge in [-0.1, -0.05) is 12.1 Å². The highest BCUT2D eigenvalue weighted by atomic mass is 32.2. The molecule has 0 radical (unpaired) electrons. The summed E-state index contributed by atoms with van der Waals surface area (Å²) < 4.78 is 30.4. The summed E-state index contributed by atoms with van der Waals surface area (Å²) in [5, 5.41) is 0. The first-order chi connectivity index (χ1) is 10.8. The highest BCUT2D eigenvalue weighted by Crippen LogP contribution is 2.16. The zero-order chi connectivity index (χ0) is 17.0. The topological polar surface area (TPSA) is 103 Å². The molecule has 2 rings (SSSR count). The van der Waals surface area contributed by atoms with E-state index in [2.05, 4.69) is 4.98 Å². The lowest BCUT2D eigenvalue weighted by molar-refractivity contribution is 0.0473. The highest BCUT2D eigenvalue weighted by molar-refractivity contribution is 7.89. The lowest BCUT2D eigenvalue weighted by Crippen LogP contribution is -2.22. The number of sulfonamides is 1.